The van der Waals surface area contributed by atoms with Crippen LogP contribution < -0.4 is 5.73 Å². The molecule has 0 bridgehead atoms. The summed E-state index contributed by atoms with van der Waals surface area (Å²) >= 11 is 5.88. The van der Waals surface area contributed by atoms with E-state index in [0.29, 0.717) is 16.8 Å². The number of benzene rings is 2. The molecule has 3 nitrogen and oxygen atoms in total. The fraction of sp³-hybridized carbons (Fsp3) is 0.0870. The Hall–Kier alpha value is -3.04. The quantitative estimate of drug-likeness (QED) is 0.445. The first-order valence-corrected chi connectivity index (χ1v) is 9.27. The smallest absolute Gasteiger partial charge is 0.124 e. The monoisotopic (exact) mass is 373 g/mol. The molecular weight excluding hydrogens is 354 g/mol. The van der Waals surface area contributed by atoms with E-state index in [0.717, 1.165) is 17.7 Å². The highest BCUT2D eigenvalue weighted by molar-refractivity contribution is 6.30. The Labute approximate surface area is 163 Å². The molecule has 0 saturated heterocycles. The first-order valence-electron chi connectivity index (χ1n) is 8.89. The van der Waals surface area contributed by atoms with Crippen molar-refractivity contribution in [3.05, 3.63) is 100 Å². The van der Waals surface area contributed by atoms with Crippen LogP contribution in [0.4, 0.5) is 5.69 Å². The first-order chi connectivity index (χ1) is 13.2. The fourth-order valence-electron chi connectivity index (χ4n) is 3.23. The van der Waals surface area contributed by atoms with E-state index < -0.39 is 0 Å². The van der Waals surface area contributed by atoms with Crippen molar-refractivity contribution in [2.45, 2.75) is 12.3 Å². The molecule has 1 atom stereocenters. The summed E-state index contributed by atoms with van der Waals surface area (Å²) in [5, 5.41) is 0.684. The minimum atomic E-state index is 0.419. The van der Waals surface area contributed by atoms with Gasteiger partial charge in [0, 0.05) is 22.8 Å². The standard InChI is InChI=1S/C23H20ClN3/c24-20-7-9-21(10-8-20)27-23(25)12-3-16-1-4-17(5-2-16)18-6-11-22-19(15-18)13-14-26-22/h1-14,18,26H,15H2,(H2,25,27)/b12-3+. The zero-order chi connectivity index (χ0) is 18.6. The van der Waals surface area contributed by atoms with E-state index in [4.69, 9.17) is 17.3 Å². The molecule has 3 N–H and O–H groups in total. The molecule has 0 radical (unpaired) electrons. The number of nitrogens with two attached hydrogens (primary N) is 1. The minimum Gasteiger partial charge on any atom is -0.384 e. The third-order valence-corrected chi connectivity index (χ3v) is 4.95. The van der Waals surface area contributed by atoms with Crippen LogP contribution in [0.3, 0.4) is 0 Å². The Morgan fingerprint density at radius 2 is 1.85 bits per heavy atom. The summed E-state index contributed by atoms with van der Waals surface area (Å²) in [5.74, 6) is 0.875. The lowest BCUT2D eigenvalue weighted by Crippen LogP contribution is -2.06. The number of amidine groups is 1. The number of allylic oxidation sites excluding steroid dienone is 1. The number of H-pyrrole nitrogens is 1. The summed E-state index contributed by atoms with van der Waals surface area (Å²) in [6, 6.07) is 18.0. The zero-order valence-electron chi connectivity index (χ0n) is 14.8. The molecule has 1 aliphatic rings. The van der Waals surface area contributed by atoms with Crippen LogP contribution in [0.1, 0.15) is 28.3 Å². The van der Waals surface area contributed by atoms with Crippen molar-refractivity contribution in [1.29, 1.82) is 0 Å². The number of aromatic nitrogens is 1. The van der Waals surface area contributed by atoms with E-state index in [-0.39, 0.29) is 0 Å². The molecule has 1 unspecified atom stereocenters. The van der Waals surface area contributed by atoms with Crippen molar-refractivity contribution in [1.82, 2.24) is 4.98 Å². The third kappa shape index (κ3) is 4.21. The lowest BCUT2D eigenvalue weighted by molar-refractivity contribution is 0.827. The molecule has 0 spiro atoms. The third-order valence-electron chi connectivity index (χ3n) is 4.70. The molecule has 3 aromatic rings. The Morgan fingerprint density at radius 1 is 1.07 bits per heavy atom. The van der Waals surface area contributed by atoms with E-state index in [1.807, 2.05) is 30.5 Å². The molecule has 4 heteroatoms. The van der Waals surface area contributed by atoms with Crippen molar-refractivity contribution in [3.63, 3.8) is 0 Å². The Balaban J connectivity index is 1.43. The summed E-state index contributed by atoms with van der Waals surface area (Å²) in [4.78, 5) is 7.62. The van der Waals surface area contributed by atoms with E-state index >= 15 is 0 Å². The largest absolute Gasteiger partial charge is 0.384 e. The van der Waals surface area contributed by atoms with Gasteiger partial charge in [-0.1, -0.05) is 48.0 Å². The van der Waals surface area contributed by atoms with Crippen molar-refractivity contribution in [2.75, 3.05) is 0 Å². The number of fused-ring (bicyclic) bond motifs is 1. The van der Waals surface area contributed by atoms with Gasteiger partial charge in [-0.3, -0.25) is 0 Å². The number of hydrogen-bond donors (Lipinski definition) is 2. The highest BCUT2D eigenvalue weighted by atomic mass is 35.5. The number of nitrogens with one attached hydrogen (secondary N) is 1. The second-order valence-corrected chi connectivity index (χ2v) is 7.04. The van der Waals surface area contributed by atoms with Gasteiger partial charge in [-0.15, -0.1) is 0 Å². The molecule has 0 saturated carbocycles. The van der Waals surface area contributed by atoms with Gasteiger partial charge in [0.25, 0.3) is 0 Å². The van der Waals surface area contributed by atoms with Crippen molar-refractivity contribution in [2.24, 2.45) is 10.7 Å². The molecule has 0 fully saturated rings. The van der Waals surface area contributed by atoms with Gasteiger partial charge in [-0.05, 0) is 65.6 Å². The summed E-state index contributed by atoms with van der Waals surface area (Å²) in [5.41, 5.74) is 11.8. The van der Waals surface area contributed by atoms with Crippen LogP contribution in [0.25, 0.3) is 12.2 Å². The molecule has 0 amide bonds. The molecule has 0 aliphatic heterocycles. The number of rotatable bonds is 4. The average Bonchev–Trinajstić information content (AvgIpc) is 3.16. The van der Waals surface area contributed by atoms with Crippen LogP contribution in [-0.4, -0.2) is 10.8 Å². The van der Waals surface area contributed by atoms with Crippen molar-refractivity contribution >= 4 is 35.3 Å². The van der Waals surface area contributed by atoms with Gasteiger partial charge in [0.05, 0.1) is 5.69 Å². The number of aromatic amines is 1. The predicted octanol–water partition coefficient (Wildman–Crippen LogP) is 5.72. The van der Waals surface area contributed by atoms with Crippen LogP contribution in [-0.2, 0) is 6.42 Å². The minimum absolute atomic E-state index is 0.419. The molecule has 1 aliphatic carbocycles. The molecule has 4 rings (SSSR count). The van der Waals surface area contributed by atoms with E-state index in [2.05, 4.69) is 52.5 Å². The normalized spacial score (nSPS) is 16.6. The Morgan fingerprint density at radius 3 is 2.63 bits per heavy atom. The van der Waals surface area contributed by atoms with Crippen LogP contribution >= 0.6 is 11.6 Å². The van der Waals surface area contributed by atoms with Crippen LogP contribution in [0.5, 0.6) is 0 Å². The van der Waals surface area contributed by atoms with E-state index in [9.17, 15) is 0 Å². The highest BCUT2D eigenvalue weighted by Crippen LogP contribution is 2.29. The number of hydrogen-bond acceptors (Lipinski definition) is 1. The number of halogens is 1. The topological polar surface area (TPSA) is 54.2 Å². The SMILES string of the molecule is NC(/C=C/c1ccc(C2C=Cc3[nH]ccc3C2)cc1)=Nc1ccc(Cl)cc1. The van der Waals surface area contributed by atoms with E-state index in [1.54, 1.807) is 12.1 Å². The highest BCUT2D eigenvalue weighted by Gasteiger charge is 2.15. The second kappa shape index (κ2) is 7.68. The van der Waals surface area contributed by atoms with Crippen LogP contribution in [0.15, 0.2) is 77.9 Å². The lowest BCUT2D eigenvalue weighted by atomic mass is 9.87. The van der Waals surface area contributed by atoms with Gasteiger partial charge in [0.15, 0.2) is 0 Å². The fourth-order valence-corrected chi connectivity index (χ4v) is 3.36. The first kappa shape index (κ1) is 17.4. The maximum atomic E-state index is 5.99. The van der Waals surface area contributed by atoms with Gasteiger partial charge in [0.1, 0.15) is 5.84 Å². The van der Waals surface area contributed by atoms with Gasteiger partial charge in [0.2, 0.25) is 0 Å². The van der Waals surface area contributed by atoms with Gasteiger partial charge in [-0.25, -0.2) is 4.99 Å². The second-order valence-electron chi connectivity index (χ2n) is 6.60. The molecule has 27 heavy (non-hydrogen) atoms. The number of aliphatic imine (C=N–C) groups is 1. The Bertz CT molecular complexity index is 1010. The molecule has 1 aromatic heterocycles. The Kier molecular flexibility index (Phi) is 4.95. The number of nitrogens with zero attached hydrogens (tertiary/aromatic N) is 1. The van der Waals surface area contributed by atoms with Crippen LogP contribution in [0.2, 0.25) is 5.02 Å². The average molecular weight is 374 g/mol. The summed E-state index contributed by atoms with van der Waals surface area (Å²) in [7, 11) is 0. The predicted molar refractivity (Wildman–Crippen MR) is 114 cm³/mol. The zero-order valence-corrected chi connectivity index (χ0v) is 15.5. The van der Waals surface area contributed by atoms with E-state index in [1.165, 1.54) is 16.8 Å². The summed E-state index contributed by atoms with van der Waals surface area (Å²) in [6.45, 7) is 0. The van der Waals surface area contributed by atoms with Gasteiger partial charge < -0.3 is 10.7 Å². The van der Waals surface area contributed by atoms with Gasteiger partial charge >= 0.3 is 0 Å². The molecule has 1 heterocycles. The maximum Gasteiger partial charge on any atom is 0.124 e. The molecule has 2 aromatic carbocycles. The van der Waals surface area contributed by atoms with Gasteiger partial charge in [-0.2, -0.15) is 0 Å². The maximum absolute atomic E-state index is 5.99. The van der Waals surface area contributed by atoms with Crippen molar-refractivity contribution in [3.8, 4) is 0 Å². The van der Waals surface area contributed by atoms with Crippen LogP contribution in [0, 0.1) is 0 Å². The molecular formula is C23H20ClN3. The molecule has 134 valence electrons. The lowest BCUT2D eigenvalue weighted by Gasteiger charge is -2.17. The van der Waals surface area contributed by atoms with Crippen molar-refractivity contribution < 1.29 is 0 Å². The summed E-state index contributed by atoms with van der Waals surface area (Å²) < 4.78 is 0. The summed E-state index contributed by atoms with van der Waals surface area (Å²) in [6.07, 6.45) is 11.3.